The number of benzene rings is 1. The van der Waals surface area contributed by atoms with Crippen molar-refractivity contribution in [3.8, 4) is 0 Å². The van der Waals surface area contributed by atoms with Crippen molar-refractivity contribution in [1.29, 1.82) is 0 Å². The summed E-state index contributed by atoms with van der Waals surface area (Å²) in [5.74, 6) is -0.595. The summed E-state index contributed by atoms with van der Waals surface area (Å²) in [4.78, 5) is 17.4. The molecule has 0 saturated carbocycles. The van der Waals surface area contributed by atoms with E-state index in [0.717, 1.165) is 16.5 Å². The van der Waals surface area contributed by atoms with E-state index in [1.165, 1.54) is 18.4 Å². The Kier molecular flexibility index (Phi) is 5.50. The van der Waals surface area contributed by atoms with E-state index < -0.39 is 10.0 Å². The van der Waals surface area contributed by atoms with E-state index in [-0.39, 0.29) is 23.6 Å². The average Bonchev–Trinajstić information content (AvgIpc) is 3.01. The summed E-state index contributed by atoms with van der Waals surface area (Å²) in [5.41, 5.74) is 3.08. The van der Waals surface area contributed by atoms with Gasteiger partial charge in [-0.25, -0.2) is 12.7 Å². The Morgan fingerprint density at radius 2 is 2.04 bits per heavy atom. The third-order valence-electron chi connectivity index (χ3n) is 4.98. The first-order chi connectivity index (χ1) is 12.7. The van der Waals surface area contributed by atoms with Gasteiger partial charge in [0.2, 0.25) is 10.0 Å². The predicted octanol–water partition coefficient (Wildman–Crippen LogP) is 1.49. The fourth-order valence-electron chi connectivity index (χ4n) is 3.26. The van der Waals surface area contributed by atoms with Crippen molar-refractivity contribution in [2.45, 2.75) is 19.9 Å². The summed E-state index contributed by atoms with van der Waals surface area (Å²) >= 11 is 0. The first-order valence-electron chi connectivity index (χ1n) is 8.85. The lowest BCUT2D eigenvalue weighted by atomic mass is 10.0. The van der Waals surface area contributed by atoms with E-state index in [2.05, 4.69) is 10.3 Å². The number of aromatic nitrogens is 1. The van der Waals surface area contributed by atoms with Gasteiger partial charge in [-0.05, 0) is 25.5 Å². The van der Waals surface area contributed by atoms with Crippen LogP contribution in [0.25, 0.3) is 10.9 Å². The zero-order valence-electron chi connectivity index (χ0n) is 16.0. The quantitative estimate of drug-likeness (QED) is 0.834. The smallest absolute Gasteiger partial charge is 0.253 e. The molecule has 1 aromatic carbocycles. The number of ether oxygens (including phenoxy) is 1. The van der Waals surface area contributed by atoms with Crippen LogP contribution in [0, 0.1) is 19.8 Å². The van der Waals surface area contributed by atoms with E-state index in [1.54, 1.807) is 6.92 Å². The van der Waals surface area contributed by atoms with Crippen LogP contribution in [0.4, 0.5) is 0 Å². The number of carbonyl (C=O) groups is 1. The van der Waals surface area contributed by atoms with Crippen LogP contribution >= 0.6 is 0 Å². The van der Waals surface area contributed by atoms with Crippen molar-refractivity contribution >= 4 is 26.8 Å². The van der Waals surface area contributed by atoms with Gasteiger partial charge in [0.15, 0.2) is 0 Å². The summed E-state index contributed by atoms with van der Waals surface area (Å²) < 4.78 is 31.0. The highest BCUT2D eigenvalue weighted by Gasteiger charge is 2.34. The van der Waals surface area contributed by atoms with Crippen molar-refractivity contribution in [3.05, 3.63) is 41.1 Å². The molecule has 0 bridgehead atoms. The highest BCUT2D eigenvalue weighted by molar-refractivity contribution is 7.89. The molecule has 2 atom stereocenters. The van der Waals surface area contributed by atoms with Crippen LogP contribution in [0.15, 0.2) is 24.3 Å². The molecule has 2 aromatic rings. The number of para-hydroxylation sites is 1. The molecule has 2 heterocycles. The molecule has 1 aromatic heterocycles. The van der Waals surface area contributed by atoms with Gasteiger partial charge in [-0.15, -0.1) is 0 Å². The van der Waals surface area contributed by atoms with Gasteiger partial charge in [-0.3, -0.25) is 9.78 Å². The number of amides is 1. The van der Waals surface area contributed by atoms with Gasteiger partial charge >= 0.3 is 0 Å². The number of carbonyl (C=O) groups excluding carboxylic acids is 1. The van der Waals surface area contributed by atoms with Crippen molar-refractivity contribution in [2.75, 3.05) is 33.1 Å². The normalized spacial score (nSPS) is 20.3. The van der Waals surface area contributed by atoms with E-state index in [9.17, 15) is 13.2 Å². The topological polar surface area (TPSA) is 88.6 Å². The second-order valence-electron chi connectivity index (χ2n) is 7.21. The number of hydrogen-bond donors (Lipinski definition) is 1. The summed E-state index contributed by atoms with van der Waals surface area (Å²) in [6, 6.07) is 7.33. The third-order valence-corrected chi connectivity index (χ3v) is 6.94. The molecule has 1 aliphatic heterocycles. The maximum Gasteiger partial charge on any atom is 0.253 e. The monoisotopic (exact) mass is 391 g/mol. The Labute approximate surface area is 159 Å². The van der Waals surface area contributed by atoms with E-state index in [4.69, 9.17) is 4.74 Å². The van der Waals surface area contributed by atoms with Crippen LogP contribution in [-0.4, -0.2) is 62.7 Å². The molecule has 0 radical (unpaired) electrons. The van der Waals surface area contributed by atoms with Gasteiger partial charge in [0.25, 0.3) is 5.91 Å². The van der Waals surface area contributed by atoms with Crippen LogP contribution in [0.5, 0.6) is 0 Å². The molecule has 0 spiro atoms. The lowest BCUT2D eigenvalue weighted by Crippen LogP contribution is -2.43. The Hall–Kier alpha value is -2.03. The minimum atomic E-state index is -3.37. The fraction of sp³-hybridized carbons (Fsp3) is 0.474. The molecule has 1 amide bonds. The largest absolute Gasteiger partial charge is 0.379 e. The SMILES string of the molecule is Cc1nc2c(C)cccc2cc1C(=O)N[C@@H]1COC[C@H]1CS(=O)(=O)N(C)C. The number of aryl methyl sites for hydroxylation is 2. The van der Waals surface area contributed by atoms with Crippen molar-refractivity contribution in [1.82, 2.24) is 14.6 Å². The molecule has 1 fully saturated rings. The fourth-order valence-corrected chi connectivity index (χ4v) is 4.42. The van der Waals surface area contributed by atoms with Crippen LogP contribution in [0.3, 0.4) is 0 Å². The predicted molar refractivity (Wildman–Crippen MR) is 104 cm³/mol. The standard InChI is InChI=1S/C19H25N3O4S/c1-12-6-5-7-14-8-16(13(2)20-18(12)14)19(23)21-17-10-26-9-15(17)11-27(24,25)22(3)4/h5-8,15,17H,9-11H2,1-4H3,(H,21,23)/t15-,17+/m0/s1. The van der Waals surface area contributed by atoms with Gasteiger partial charge in [0.1, 0.15) is 0 Å². The molecule has 0 unspecified atom stereocenters. The maximum atomic E-state index is 12.8. The maximum absolute atomic E-state index is 12.8. The Bertz CT molecular complexity index is 972. The Morgan fingerprint density at radius 3 is 2.74 bits per heavy atom. The number of sulfonamides is 1. The van der Waals surface area contributed by atoms with Gasteiger partial charge in [0.05, 0.1) is 41.8 Å². The number of pyridine rings is 1. The van der Waals surface area contributed by atoms with Gasteiger partial charge in [-0.2, -0.15) is 0 Å². The second-order valence-corrected chi connectivity index (χ2v) is 9.43. The van der Waals surface area contributed by atoms with Gasteiger partial charge in [-0.1, -0.05) is 18.2 Å². The molecule has 27 heavy (non-hydrogen) atoms. The highest BCUT2D eigenvalue weighted by Crippen LogP contribution is 2.21. The molecule has 7 nitrogen and oxygen atoms in total. The number of nitrogens with one attached hydrogen (secondary N) is 1. The summed E-state index contributed by atoms with van der Waals surface area (Å²) in [6.07, 6.45) is 0. The van der Waals surface area contributed by atoms with E-state index >= 15 is 0 Å². The van der Waals surface area contributed by atoms with E-state index in [0.29, 0.717) is 24.5 Å². The lowest BCUT2D eigenvalue weighted by molar-refractivity contribution is 0.0925. The minimum Gasteiger partial charge on any atom is -0.379 e. The summed E-state index contributed by atoms with van der Waals surface area (Å²) in [5, 5.41) is 3.84. The van der Waals surface area contributed by atoms with Crippen LogP contribution in [0.2, 0.25) is 0 Å². The first-order valence-corrected chi connectivity index (χ1v) is 10.5. The van der Waals surface area contributed by atoms with Crippen molar-refractivity contribution < 1.29 is 17.9 Å². The lowest BCUT2D eigenvalue weighted by Gasteiger charge is -2.21. The molecule has 1 aliphatic rings. The summed E-state index contributed by atoms with van der Waals surface area (Å²) in [6.45, 7) is 4.41. The van der Waals surface area contributed by atoms with Crippen LogP contribution in [-0.2, 0) is 14.8 Å². The molecule has 3 rings (SSSR count). The van der Waals surface area contributed by atoms with Gasteiger partial charge < -0.3 is 10.1 Å². The zero-order valence-corrected chi connectivity index (χ0v) is 16.8. The molecule has 8 heteroatoms. The Morgan fingerprint density at radius 1 is 1.30 bits per heavy atom. The minimum absolute atomic E-state index is 0.0565. The molecular weight excluding hydrogens is 366 g/mol. The van der Waals surface area contributed by atoms with Crippen LogP contribution < -0.4 is 5.32 Å². The number of fused-ring (bicyclic) bond motifs is 1. The molecular formula is C19H25N3O4S. The first kappa shape index (κ1) is 19.7. The average molecular weight is 391 g/mol. The highest BCUT2D eigenvalue weighted by atomic mass is 32.2. The number of nitrogens with zero attached hydrogens (tertiary/aromatic N) is 2. The van der Waals surface area contributed by atoms with Gasteiger partial charge in [0, 0.05) is 25.4 Å². The molecule has 1 saturated heterocycles. The summed E-state index contributed by atoms with van der Waals surface area (Å²) in [7, 11) is -0.357. The van der Waals surface area contributed by atoms with Crippen molar-refractivity contribution in [2.24, 2.45) is 5.92 Å². The van der Waals surface area contributed by atoms with Crippen molar-refractivity contribution in [3.63, 3.8) is 0 Å². The molecule has 146 valence electrons. The number of hydrogen-bond acceptors (Lipinski definition) is 5. The zero-order chi connectivity index (χ0) is 19.8. The Balaban J connectivity index is 1.80. The molecule has 0 aliphatic carbocycles. The van der Waals surface area contributed by atoms with E-state index in [1.807, 2.05) is 31.2 Å². The number of rotatable bonds is 5. The molecule has 1 N–H and O–H groups in total. The van der Waals surface area contributed by atoms with Crippen LogP contribution in [0.1, 0.15) is 21.6 Å². The second kappa shape index (κ2) is 7.53. The third kappa shape index (κ3) is 4.12.